The van der Waals surface area contributed by atoms with E-state index in [1.165, 1.54) is 20.3 Å². The van der Waals surface area contributed by atoms with Gasteiger partial charge in [-0.25, -0.2) is 5.43 Å². The van der Waals surface area contributed by atoms with E-state index in [0.29, 0.717) is 30.2 Å². The van der Waals surface area contributed by atoms with Gasteiger partial charge in [-0.05, 0) is 31.0 Å². The number of ether oxygens (including phenoxy) is 2. The van der Waals surface area contributed by atoms with Crippen LogP contribution in [0, 0.1) is 0 Å². The van der Waals surface area contributed by atoms with Gasteiger partial charge in [-0.3, -0.25) is 14.4 Å². The van der Waals surface area contributed by atoms with Gasteiger partial charge in [-0.2, -0.15) is 5.10 Å². The number of nitrogens with zero attached hydrogens (tertiary/aromatic N) is 1. The highest BCUT2D eigenvalue weighted by Crippen LogP contribution is 2.28. The minimum Gasteiger partial charge on any atom is -0.497 e. The average Bonchev–Trinajstić information content (AvgIpc) is 2.78. The lowest BCUT2D eigenvalue weighted by atomic mass is 10.1. The van der Waals surface area contributed by atoms with E-state index in [1.807, 2.05) is 30.3 Å². The van der Waals surface area contributed by atoms with Gasteiger partial charge in [0.2, 0.25) is 5.91 Å². The Balaban J connectivity index is 1.80. The zero-order valence-corrected chi connectivity index (χ0v) is 17.7. The minimum atomic E-state index is -0.978. The van der Waals surface area contributed by atoms with E-state index >= 15 is 0 Å². The monoisotopic (exact) mass is 426 g/mol. The third-order valence-electron chi connectivity index (χ3n) is 4.20. The van der Waals surface area contributed by atoms with Crippen molar-refractivity contribution >= 4 is 29.1 Å². The number of carbonyl (C=O) groups is 3. The molecule has 0 aromatic heterocycles. The Hall–Kier alpha value is -3.88. The Kier molecular flexibility index (Phi) is 9.03. The van der Waals surface area contributed by atoms with Gasteiger partial charge < -0.3 is 20.1 Å². The summed E-state index contributed by atoms with van der Waals surface area (Å²) < 4.78 is 10.3. The van der Waals surface area contributed by atoms with Crippen LogP contribution in [0.5, 0.6) is 11.5 Å². The van der Waals surface area contributed by atoms with Crippen molar-refractivity contribution in [1.29, 1.82) is 0 Å². The van der Waals surface area contributed by atoms with Crippen LogP contribution < -0.4 is 25.5 Å². The summed E-state index contributed by atoms with van der Waals surface area (Å²) in [5.74, 6) is -1.28. The maximum absolute atomic E-state index is 12.1. The molecule has 164 valence electrons. The van der Waals surface area contributed by atoms with Gasteiger partial charge in [0, 0.05) is 18.3 Å². The Labute approximate surface area is 180 Å². The highest BCUT2D eigenvalue weighted by Gasteiger charge is 2.16. The first-order valence-corrected chi connectivity index (χ1v) is 9.60. The molecule has 0 spiro atoms. The smallest absolute Gasteiger partial charge is 0.329 e. The molecule has 0 bridgehead atoms. The molecule has 0 unspecified atom stereocenters. The Bertz CT molecular complexity index is 944. The lowest BCUT2D eigenvalue weighted by Gasteiger charge is -2.11. The second-order valence-electron chi connectivity index (χ2n) is 6.57. The van der Waals surface area contributed by atoms with Crippen molar-refractivity contribution in [3.05, 3.63) is 54.1 Å². The van der Waals surface area contributed by atoms with Gasteiger partial charge in [0.1, 0.15) is 11.5 Å². The Morgan fingerprint density at radius 2 is 1.71 bits per heavy atom. The molecule has 0 fully saturated rings. The third-order valence-corrected chi connectivity index (χ3v) is 4.20. The zero-order valence-electron chi connectivity index (χ0n) is 17.7. The topological polar surface area (TPSA) is 118 Å². The van der Waals surface area contributed by atoms with Gasteiger partial charge >= 0.3 is 11.8 Å². The predicted octanol–water partition coefficient (Wildman–Crippen LogP) is 1.88. The largest absolute Gasteiger partial charge is 0.497 e. The quantitative estimate of drug-likeness (QED) is 0.321. The summed E-state index contributed by atoms with van der Waals surface area (Å²) in [5, 5.41) is 9.04. The Morgan fingerprint density at radius 1 is 0.968 bits per heavy atom. The number of anilines is 1. The molecule has 0 aliphatic rings. The first-order valence-electron chi connectivity index (χ1n) is 9.60. The maximum Gasteiger partial charge on any atom is 0.329 e. The fourth-order valence-electron chi connectivity index (χ4n) is 2.61. The summed E-state index contributed by atoms with van der Waals surface area (Å²) in [6.45, 7) is 2.08. The molecule has 0 radical (unpaired) electrons. The first kappa shape index (κ1) is 23.4. The summed E-state index contributed by atoms with van der Waals surface area (Å²) in [7, 11) is 2.92. The summed E-state index contributed by atoms with van der Waals surface area (Å²) in [5.41, 5.74) is 3.90. The van der Waals surface area contributed by atoms with Crippen molar-refractivity contribution in [3.63, 3.8) is 0 Å². The van der Waals surface area contributed by atoms with Gasteiger partial charge in [-0.15, -0.1) is 0 Å². The molecule has 9 nitrogen and oxygen atoms in total. The second kappa shape index (κ2) is 12.0. The molecule has 2 aromatic carbocycles. The van der Waals surface area contributed by atoms with Crippen LogP contribution in [-0.4, -0.2) is 44.2 Å². The number of hydrogen-bond donors (Lipinski definition) is 3. The molecule has 2 aromatic rings. The molecule has 0 saturated carbocycles. The van der Waals surface area contributed by atoms with Crippen molar-refractivity contribution in [3.8, 4) is 11.5 Å². The fourth-order valence-corrected chi connectivity index (χ4v) is 2.61. The number of rotatable bonds is 9. The van der Waals surface area contributed by atoms with E-state index in [-0.39, 0.29) is 18.0 Å². The van der Waals surface area contributed by atoms with Crippen molar-refractivity contribution < 1.29 is 23.9 Å². The number of hydrogen-bond acceptors (Lipinski definition) is 6. The highest BCUT2D eigenvalue weighted by molar-refractivity contribution is 6.39. The summed E-state index contributed by atoms with van der Waals surface area (Å²) >= 11 is 0. The molecule has 2 rings (SSSR count). The molecule has 0 aliphatic carbocycles. The van der Waals surface area contributed by atoms with Crippen molar-refractivity contribution in [2.45, 2.75) is 19.8 Å². The van der Waals surface area contributed by atoms with Crippen LogP contribution in [0.3, 0.4) is 0 Å². The molecule has 0 heterocycles. The predicted molar refractivity (Wildman–Crippen MR) is 117 cm³/mol. The van der Waals surface area contributed by atoms with Crippen LogP contribution in [0.2, 0.25) is 0 Å². The minimum absolute atomic E-state index is 0.000393. The molecular weight excluding hydrogens is 400 g/mol. The van der Waals surface area contributed by atoms with E-state index in [4.69, 9.17) is 9.47 Å². The first-order chi connectivity index (χ1) is 14.9. The number of nitrogens with one attached hydrogen (secondary N) is 3. The van der Waals surface area contributed by atoms with Gasteiger partial charge in [-0.1, -0.05) is 30.3 Å². The summed E-state index contributed by atoms with van der Waals surface area (Å²) in [6.07, 6.45) is 0.716. The SMILES string of the molecule is COc1ccc(OC)c(NC(=O)C(=O)NN=C(C)CC(=O)NCCc2ccccc2)c1. The molecule has 3 N–H and O–H groups in total. The summed E-state index contributed by atoms with van der Waals surface area (Å²) in [6, 6.07) is 14.6. The van der Waals surface area contributed by atoms with E-state index in [0.717, 1.165) is 5.56 Å². The number of carbonyl (C=O) groups excluding carboxylic acids is 3. The molecule has 0 atom stereocenters. The number of amides is 3. The van der Waals surface area contributed by atoms with Gasteiger partial charge in [0.15, 0.2) is 0 Å². The van der Waals surface area contributed by atoms with Crippen LogP contribution in [0.15, 0.2) is 53.6 Å². The molecule has 31 heavy (non-hydrogen) atoms. The molecule has 0 saturated heterocycles. The van der Waals surface area contributed by atoms with Crippen LogP contribution in [0.4, 0.5) is 5.69 Å². The standard InChI is InChI=1S/C22H26N4O5/c1-15(13-20(27)23-12-11-16-7-5-4-6-8-16)25-26-22(29)21(28)24-18-14-17(30-2)9-10-19(18)31-3/h4-10,14H,11-13H2,1-3H3,(H,23,27)(H,24,28)(H,26,29). The number of hydrazone groups is 1. The Morgan fingerprint density at radius 3 is 2.39 bits per heavy atom. The van der Waals surface area contributed by atoms with Crippen LogP contribution in [0.1, 0.15) is 18.9 Å². The second-order valence-corrected chi connectivity index (χ2v) is 6.57. The van der Waals surface area contributed by atoms with E-state index < -0.39 is 11.8 Å². The normalized spacial score (nSPS) is 10.7. The van der Waals surface area contributed by atoms with E-state index in [9.17, 15) is 14.4 Å². The lowest BCUT2D eigenvalue weighted by molar-refractivity contribution is -0.136. The van der Waals surface area contributed by atoms with Crippen molar-refractivity contribution in [2.24, 2.45) is 5.10 Å². The van der Waals surface area contributed by atoms with Crippen molar-refractivity contribution in [1.82, 2.24) is 10.7 Å². The van der Waals surface area contributed by atoms with Gasteiger partial charge in [0.25, 0.3) is 0 Å². The summed E-state index contributed by atoms with van der Waals surface area (Å²) in [4.78, 5) is 36.1. The molecule has 9 heteroatoms. The van der Waals surface area contributed by atoms with Crippen LogP contribution in [-0.2, 0) is 20.8 Å². The fraction of sp³-hybridized carbons (Fsp3) is 0.273. The molecular formula is C22H26N4O5. The molecule has 3 amide bonds. The number of methoxy groups -OCH3 is 2. The highest BCUT2D eigenvalue weighted by atomic mass is 16.5. The number of benzene rings is 2. The maximum atomic E-state index is 12.1. The molecule has 0 aliphatic heterocycles. The zero-order chi connectivity index (χ0) is 22.6. The van der Waals surface area contributed by atoms with Crippen molar-refractivity contribution in [2.75, 3.05) is 26.1 Å². The van der Waals surface area contributed by atoms with E-state index in [1.54, 1.807) is 19.1 Å². The van der Waals surface area contributed by atoms with Crippen LogP contribution in [0.25, 0.3) is 0 Å². The van der Waals surface area contributed by atoms with Gasteiger partial charge in [0.05, 0.1) is 26.3 Å². The average molecular weight is 426 g/mol. The third kappa shape index (κ3) is 7.81. The van der Waals surface area contributed by atoms with E-state index in [2.05, 4.69) is 21.2 Å². The lowest BCUT2D eigenvalue weighted by Crippen LogP contribution is -2.33. The van der Waals surface area contributed by atoms with Crippen LogP contribution >= 0.6 is 0 Å².